The summed E-state index contributed by atoms with van der Waals surface area (Å²) in [6.45, 7) is 7.76. The second-order valence-electron chi connectivity index (χ2n) is 5.98. The van der Waals surface area contributed by atoms with Gasteiger partial charge in [-0.2, -0.15) is 0 Å². The molecule has 0 saturated carbocycles. The fourth-order valence-electron chi connectivity index (χ4n) is 2.47. The standard InChI is InChI=1S/C16H25NO2/c1-12(2)19-15-6-4-14(5-7-15)16(10-18-11-16)9-8-13(3)17/h4-7,12-13H,8-11,17H2,1-3H3. The lowest BCUT2D eigenvalue weighted by Crippen LogP contribution is -2.47. The molecule has 0 radical (unpaired) electrons. The maximum atomic E-state index is 5.87. The zero-order valence-electron chi connectivity index (χ0n) is 12.2. The first-order valence-electron chi connectivity index (χ1n) is 7.12. The Hall–Kier alpha value is -1.06. The summed E-state index contributed by atoms with van der Waals surface area (Å²) in [5.74, 6) is 0.932. The Kier molecular flexibility index (Phi) is 4.48. The number of hydrogen-bond acceptors (Lipinski definition) is 3. The molecule has 1 unspecified atom stereocenters. The fourth-order valence-corrected chi connectivity index (χ4v) is 2.47. The molecule has 19 heavy (non-hydrogen) atoms. The Morgan fingerprint density at radius 2 is 1.84 bits per heavy atom. The molecular weight excluding hydrogens is 238 g/mol. The molecule has 3 nitrogen and oxygen atoms in total. The van der Waals surface area contributed by atoms with Gasteiger partial charge in [0.2, 0.25) is 0 Å². The van der Waals surface area contributed by atoms with Crippen molar-refractivity contribution in [3.05, 3.63) is 29.8 Å². The Morgan fingerprint density at radius 3 is 2.26 bits per heavy atom. The van der Waals surface area contributed by atoms with Crippen LogP contribution in [0, 0.1) is 0 Å². The van der Waals surface area contributed by atoms with Gasteiger partial charge in [-0.15, -0.1) is 0 Å². The van der Waals surface area contributed by atoms with Gasteiger partial charge in [0.15, 0.2) is 0 Å². The normalized spacial score (nSPS) is 19.0. The molecule has 1 aromatic carbocycles. The molecule has 1 atom stereocenters. The number of benzene rings is 1. The van der Waals surface area contributed by atoms with E-state index >= 15 is 0 Å². The fraction of sp³-hybridized carbons (Fsp3) is 0.625. The van der Waals surface area contributed by atoms with E-state index in [1.807, 2.05) is 13.8 Å². The van der Waals surface area contributed by atoms with Crippen LogP contribution in [-0.2, 0) is 10.2 Å². The third kappa shape index (κ3) is 3.48. The monoisotopic (exact) mass is 263 g/mol. The minimum absolute atomic E-state index is 0.171. The number of hydrogen-bond donors (Lipinski definition) is 1. The topological polar surface area (TPSA) is 44.5 Å². The molecule has 2 N–H and O–H groups in total. The van der Waals surface area contributed by atoms with Crippen LogP contribution in [-0.4, -0.2) is 25.4 Å². The second kappa shape index (κ2) is 5.93. The van der Waals surface area contributed by atoms with Crippen molar-refractivity contribution >= 4 is 0 Å². The van der Waals surface area contributed by atoms with Crippen LogP contribution < -0.4 is 10.5 Å². The second-order valence-corrected chi connectivity index (χ2v) is 5.98. The van der Waals surface area contributed by atoms with E-state index in [9.17, 15) is 0 Å². The van der Waals surface area contributed by atoms with Crippen LogP contribution in [0.15, 0.2) is 24.3 Å². The van der Waals surface area contributed by atoms with Crippen LogP contribution in [0.1, 0.15) is 39.2 Å². The minimum Gasteiger partial charge on any atom is -0.491 e. The number of nitrogens with two attached hydrogens (primary N) is 1. The van der Waals surface area contributed by atoms with Gasteiger partial charge in [0.1, 0.15) is 5.75 Å². The maximum Gasteiger partial charge on any atom is 0.119 e. The first-order valence-corrected chi connectivity index (χ1v) is 7.12. The van der Waals surface area contributed by atoms with Crippen LogP contribution in [0.4, 0.5) is 0 Å². The molecule has 1 heterocycles. The van der Waals surface area contributed by atoms with Gasteiger partial charge in [-0.3, -0.25) is 0 Å². The SMILES string of the molecule is CC(N)CCC1(c2ccc(OC(C)C)cc2)COC1. The zero-order valence-corrected chi connectivity index (χ0v) is 12.2. The maximum absolute atomic E-state index is 5.87. The Morgan fingerprint density at radius 1 is 1.21 bits per heavy atom. The van der Waals surface area contributed by atoms with E-state index in [-0.39, 0.29) is 17.6 Å². The molecule has 0 aliphatic carbocycles. The van der Waals surface area contributed by atoms with Crippen molar-refractivity contribution in [3.63, 3.8) is 0 Å². The summed E-state index contributed by atoms with van der Waals surface area (Å²) in [6.07, 6.45) is 2.34. The van der Waals surface area contributed by atoms with Gasteiger partial charge < -0.3 is 15.2 Å². The lowest BCUT2D eigenvalue weighted by molar-refractivity contribution is -0.0657. The van der Waals surface area contributed by atoms with Crippen molar-refractivity contribution < 1.29 is 9.47 Å². The van der Waals surface area contributed by atoms with Gasteiger partial charge in [-0.1, -0.05) is 12.1 Å². The summed E-state index contributed by atoms with van der Waals surface area (Å²) >= 11 is 0. The molecule has 0 spiro atoms. The van der Waals surface area contributed by atoms with Gasteiger partial charge in [0.05, 0.1) is 19.3 Å². The van der Waals surface area contributed by atoms with Crippen molar-refractivity contribution in [1.82, 2.24) is 0 Å². The molecule has 0 bridgehead atoms. The van der Waals surface area contributed by atoms with Crippen LogP contribution >= 0.6 is 0 Å². The number of rotatable bonds is 6. The molecule has 1 fully saturated rings. The van der Waals surface area contributed by atoms with Gasteiger partial charge in [-0.25, -0.2) is 0 Å². The summed E-state index contributed by atoms with van der Waals surface area (Å²) in [7, 11) is 0. The highest BCUT2D eigenvalue weighted by molar-refractivity contribution is 5.34. The van der Waals surface area contributed by atoms with E-state index < -0.39 is 0 Å². The largest absolute Gasteiger partial charge is 0.491 e. The highest BCUT2D eigenvalue weighted by Gasteiger charge is 2.39. The van der Waals surface area contributed by atoms with E-state index in [4.69, 9.17) is 15.2 Å². The van der Waals surface area contributed by atoms with Crippen LogP contribution in [0.25, 0.3) is 0 Å². The molecule has 1 aromatic rings. The van der Waals surface area contributed by atoms with Crippen molar-refractivity contribution in [2.24, 2.45) is 5.73 Å². The number of ether oxygens (including phenoxy) is 2. The molecule has 1 saturated heterocycles. The molecule has 106 valence electrons. The Labute approximate surface area is 116 Å². The molecule has 1 aliphatic heterocycles. The average Bonchev–Trinajstić information content (AvgIpc) is 2.28. The smallest absolute Gasteiger partial charge is 0.119 e. The molecule has 3 heteroatoms. The molecular formula is C16H25NO2. The van der Waals surface area contributed by atoms with E-state index in [0.29, 0.717) is 0 Å². The molecule has 0 amide bonds. The summed E-state index contributed by atoms with van der Waals surface area (Å²) in [5.41, 5.74) is 7.39. The molecule has 1 aliphatic rings. The van der Waals surface area contributed by atoms with E-state index in [1.165, 1.54) is 5.56 Å². The van der Waals surface area contributed by atoms with Crippen LogP contribution in [0.2, 0.25) is 0 Å². The van der Waals surface area contributed by atoms with E-state index in [2.05, 4.69) is 31.2 Å². The average molecular weight is 263 g/mol. The third-order valence-electron chi connectivity index (χ3n) is 3.67. The highest BCUT2D eigenvalue weighted by Crippen LogP contribution is 2.37. The van der Waals surface area contributed by atoms with Crippen molar-refractivity contribution in [2.45, 2.75) is 51.2 Å². The van der Waals surface area contributed by atoms with Gasteiger partial charge >= 0.3 is 0 Å². The van der Waals surface area contributed by atoms with Crippen molar-refractivity contribution in [2.75, 3.05) is 13.2 Å². The first-order chi connectivity index (χ1) is 9.02. The third-order valence-corrected chi connectivity index (χ3v) is 3.67. The van der Waals surface area contributed by atoms with Crippen molar-refractivity contribution in [3.8, 4) is 5.75 Å². The van der Waals surface area contributed by atoms with Crippen LogP contribution in [0.5, 0.6) is 5.75 Å². The van der Waals surface area contributed by atoms with Crippen molar-refractivity contribution in [1.29, 1.82) is 0 Å². The summed E-state index contributed by atoms with van der Waals surface area (Å²) < 4.78 is 11.1. The van der Waals surface area contributed by atoms with E-state index in [0.717, 1.165) is 31.8 Å². The van der Waals surface area contributed by atoms with Gasteiger partial charge in [0, 0.05) is 11.5 Å². The predicted octanol–water partition coefficient (Wildman–Crippen LogP) is 2.87. The Bertz CT molecular complexity index is 394. The summed E-state index contributed by atoms with van der Waals surface area (Å²) in [6, 6.07) is 8.70. The minimum atomic E-state index is 0.171. The quantitative estimate of drug-likeness (QED) is 0.858. The lowest BCUT2D eigenvalue weighted by Gasteiger charge is -2.42. The summed E-state index contributed by atoms with van der Waals surface area (Å²) in [4.78, 5) is 0. The van der Waals surface area contributed by atoms with Gasteiger partial charge in [-0.05, 0) is 51.3 Å². The predicted molar refractivity (Wildman–Crippen MR) is 77.6 cm³/mol. The molecule has 2 rings (SSSR count). The van der Waals surface area contributed by atoms with Gasteiger partial charge in [0.25, 0.3) is 0 Å². The lowest BCUT2D eigenvalue weighted by atomic mass is 9.74. The summed E-state index contributed by atoms with van der Waals surface area (Å²) in [5, 5.41) is 0. The molecule has 0 aromatic heterocycles. The zero-order chi connectivity index (χ0) is 13.9. The first kappa shape index (κ1) is 14.4. The van der Waals surface area contributed by atoms with Crippen LogP contribution in [0.3, 0.4) is 0 Å². The Balaban J connectivity index is 2.06. The highest BCUT2D eigenvalue weighted by atomic mass is 16.5. The van der Waals surface area contributed by atoms with E-state index in [1.54, 1.807) is 0 Å².